The molecule has 3 heteroatoms. The normalized spacial score (nSPS) is 25.9. The topological polar surface area (TPSA) is 15.7 Å². The minimum atomic E-state index is 0.508. The van der Waals surface area contributed by atoms with Crippen LogP contribution < -0.4 is 0 Å². The summed E-state index contributed by atoms with van der Waals surface area (Å²) in [6.07, 6.45) is 9.81. The highest BCUT2D eigenvalue weighted by Crippen LogP contribution is 2.35. The molecule has 0 N–H and O–H groups in total. The van der Waals surface area contributed by atoms with Crippen molar-refractivity contribution in [2.45, 2.75) is 63.5 Å². The molecule has 0 aromatic heterocycles. The van der Waals surface area contributed by atoms with Gasteiger partial charge in [-0.15, -0.1) is 0 Å². The summed E-state index contributed by atoms with van der Waals surface area (Å²) < 4.78 is 5.18. The van der Waals surface area contributed by atoms with Gasteiger partial charge in [-0.3, -0.25) is 4.90 Å². The van der Waals surface area contributed by atoms with Crippen LogP contribution in [0.4, 0.5) is 0 Å². The predicted octanol–water partition coefficient (Wildman–Crippen LogP) is 2.75. The summed E-state index contributed by atoms with van der Waals surface area (Å²) >= 11 is 0. The Hall–Kier alpha value is -0.120. The highest BCUT2D eigenvalue weighted by molar-refractivity contribution is 4.92. The van der Waals surface area contributed by atoms with E-state index in [4.69, 9.17) is 4.74 Å². The first-order chi connectivity index (χ1) is 9.15. The number of nitrogens with zero attached hydrogens (tertiary/aromatic N) is 2. The van der Waals surface area contributed by atoms with Crippen molar-refractivity contribution in [2.75, 3.05) is 40.4 Å². The van der Waals surface area contributed by atoms with E-state index in [0.717, 1.165) is 19.2 Å². The average Bonchev–Trinajstić information content (AvgIpc) is 2.46. The quantitative estimate of drug-likeness (QED) is 0.762. The van der Waals surface area contributed by atoms with Crippen LogP contribution >= 0.6 is 0 Å². The maximum atomic E-state index is 5.18. The Morgan fingerprint density at radius 3 is 2.37 bits per heavy atom. The minimum Gasteiger partial charge on any atom is -0.383 e. The zero-order chi connectivity index (χ0) is 13.7. The molecule has 0 spiro atoms. The molecule has 0 atom stereocenters. The third kappa shape index (κ3) is 3.93. The van der Waals surface area contributed by atoms with E-state index in [1.807, 2.05) is 0 Å². The smallest absolute Gasteiger partial charge is 0.0589 e. The van der Waals surface area contributed by atoms with E-state index < -0.39 is 0 Å². The zero-order valence-corrected chi connectivity index (χ0v) is 13.2. The Morgan fingerprint density at radius 1 is 1.16 bits per heavy atom. The van der Waals surface area contributed by atoms with Gasteiger partial charge in [-0.25, -0.2) is 0 Å². The lowest BCUT2D eigenvalue weighted by atomic mass is 9.80. The molecule has 0 amide bonds. The lowest BCUT2D eigenvalue weighted by Crippen LogP contribution is -2.54. The van der Waals surface area contributed by atoms with Gasteiger partial charge in [-0.1, -0.05) is 19.3 Å². The van der Waals surface area contributed by atoms with Gasteiger partial charge in [0.2, 0.25) is 0 Å². The molecule has 1 saturated carbocycles. The van der Waals surface area contributed by atoms with Gasteiger partial charge in [0.1, 0.15) is 0 Å². The largest absolute Gasteiger partial charge is 0.383 e. The van der Waals surface area contributed by atoms with Gasteiger partial charge in [0, 0.05) is 38.3 Å². The summed E-state index contributed by atoms with van der Waals surface area (Å²) in [7, 11) is 4.04. The van der Waals surface area contributed by atoms with Crippen LogP contribution in [0.15, 0.2) is 0 Å². The van der Waals surface area contributed by atoms with E-state index >= 15 is 0 Å². The van der Waals surface area contributed by atoms with Crippen molar-refractivity contribution in [3.05, 3.63) is 0 Å². The van der Waals surface area contributed by atoms with Gasteiger partial charge in [-0.05, 0) is 39.7 Å². The molecule has 3 nitrogen and oxygen atoms in total. The molecule has 1 aliphatic heterocycles. The summed E-state index contributed by atoms with van der Waals surface area (Å²) in [6.45, 7) is 7.00. The first-order valence-electron chi connectivity index (χ1n) is 8.10. The van der Waals surface area contributed by atoms with Crippen LogP contribution in [0.25, 0.3) is 0 Å². The van der Waals surface area contributed by atoms with Crippen molar-refractivity contribution < 1.29 is 4.74 Å². The van der Waals surface area contributed by atoms with Gasteiger partial charge < -0.3 is 9.64 Å². The van der Waals surface area contributed by atoms with Crippen molar-refractivity contribution in [1.82, 2.24) is 9.80 Å². The van der Waals surface area contributed by atoms with Crippen molar-refractivity contribution in [1.29, 1.82) is 0 Å². The molecule has 1 saturated heterocycles. The summed E-state index contributed by atoms with van der Waals surface area (Å²) in [5.74, 6) is 0. The van der Waals surface area contributed by atoms with E-state index in [9.17, 15) is 0 Å². The molecule has 2 rings (SSSR count). The van der Waals surface area contributed by atoms with Crippen LogP contribution in [0, 0.1) is 0 Å². The van der Waals surface area contributed by atoms with Gasteiger partial charge >= 0.3 is 0 Å². The molecule has 0 radical (unpaired) electrons. The van der Waals surface area contributed by atoms with E-state index in [-0.39, 0.29) is 0 Å². The number of likely N-dealkylation sites (N-methyl/N-ethyl adjacent to an activating group) is 1. The van der Waals surface area contributed by atoms with Crippen LogP contribution in [-0.4, -0.2) is 61.8 Å². The van der Waals surface area contributed by atoms with Crippen molar-refractivity contribution in [2.24, 2.45) is 0 Å². The first kappa shape index (κ1) is 15.3. The number of methoxy groups -OCH3 is 1. The fraction of sp³-hybridized carbons (Fsp3) is 1.00. The van der Waals surface area contributed by atoms with Crippen LogP contribution in [0.3, 0.4) is 0 Å². The standard InChI is InChI=1S/C16H32N2O/c1-16(9-5-4-6-10-16)18-11-7-15(8-12-18)17(2)13-14-19-3/h15H,4-14H2,1-3H3. The number of piperidine rings is 1. The highest BCUT2D eigenvalue weighted by atomic mass is 16.5. The van der Waals surface area contributed by atoms with Crippen LogP contribution in [0.1, 0.15) is 51.9 Å². The molecule has 1 heterocycles. The molecule has 1 aliphatic carbocycles. The minimum absolute atomic E-state index is 0.508. The molecule has 0 bridgehead atoms. The molecule has 19 heavy (non-hydrogen) atoms. The van der Waals surface area contributed by atoms with Gasteiger partial charge in [0.25, 0.3) is 0 Å². The average molecular weight is 268 g/mol. The molecule has 2 aliphatic rings. The lowest BCUT2D eigenvalue weighted by Gasteiger charge is -2.48. The number of ether oxygens (including phenoxy) is 1. The first-order valence-corrected chi connectivity index (χ1v) is 8.10. The Morgan fingerprint density at radius 2 is 1.79 bits per heavy atom. The maximum absolute atomic E-state index is 5.18. The third-order valence-electron chi connectivity index (χ3n) is 5.43. The summed E-state index contributed by atoms with van der Waals surface area (Å²) in [5, 5.41) is 0. The second-order valence-electron chi connectivity index (χ2n) is 6.75. The second-order valence-corrected chi connectivity index (χ2v) is 6.75. The third-order valence-corrected chi connectivity index (χ3v) is 5.43. The Labute approximate surface area is 119 Å². The molecule has 2 fully saturated rings. The fourth-order valence-corrected chi connectivity index (χ4v) is 3.89. The summed E-state index contributed by atoms with van der Waals surface area (Å²) in [5.41, 5.74) is 0.508. The zero-order valence-electron chi connectivity index (χ0n) is 13.2. The van der Waals surface area contributed by atoms with Gasteiger partial charge in [0.05, 0.1) is 6.61 Å². The molecule has 0 aromatic carbocycles. The van der Waals surface area contributed by atoms with E-state index in [0.29, 0.717) is 5.54 Å². The molecule has 0 aromatic rings. The predicted molar refractivity (Wildman–Crippen MR) is 80.6 cm³/mol. The lowest BCUT2D eigenvalue weighted by molar-refractivity contribution is 0.0190. The van der Waals surface area contributed by atoms with E-state index in [1.165, 1.54) is 58.0 Å². The summed E-state index contributed by atoms with van der Waals surface area (Å²) in [4.78, 5) is 5.27. The number of likely N-dealkylation sites (tertiary alicyclic amines) is 1. The fourth-order valence-electron chi connectivity index (χ4n) is 3.89. The van der Waals surface area contributed by atoms with Crippen molar-refractivity contribution in [3.63, 3.8) is 0 Å². The SMILES string of the molecule is COCCN(C)C1CCN(C2(C)CCCCC2)CC1. The van der Waals surface area contributed by atoms with E-state index in [2.05, 4.69) is 23.8 Å². The van der Waals surface area contributed by atoms with Crippen molar-refractivity contribution >= 4 is 0 Å². The monoisotopic (exact) mass is 268 g/mol. The Balaban J connectivity index is 1.78. The highest BCUT2D eigenvalue weighted by Gasteiger charge is 2.35. The molecular weight excluding hydrogens is 236 g/mol. The maximum Gasteiger partial charge on any atom is 0.0589 e. The van der Waals surface area contributed by atoms with Crippen molar-refractivity contribution in [3.8, 4) is 0 Å². The molecule has 0 unspecified atom stereocenters. The Kier molecular flexibility index (Phi) is 5.67. The van der Waals surface area contributed by atoms with E-state index in [1.54, 1.807) is 7.11 Å². The Bertz CT molecular complexity index is 255. The number of rotatable bonds is 5. The number of hydrogen-bond acceptors (Lipinski definition) is 3. The second kappa shape index (κ2) is 7.05. The molecule has 112 valence electrons. The van der Waals surface area contributed by atoms with Gasteiger partial charge in [0.15, 0.2) is 0 Å². The number of hydrogen-bond donors (Lipinski definition) is 0. The van der Waals surface area contributed by atoms with Crippen LogP contribution in [-0.2, 0) is 4.74 Å². The van der Waals surface area contributed by atoms with Crippen LogP contribution in [0.5, 0.6) is 0 Å². The molecular formula is C16H32N2O. The van der Waals surface area contributed by atoms with Crippen LogP contribution in [0.2, 0.25) is 0 Å². The summed E-state index contributed by atoms with van der Waals surface area (Å²) in [6, 6.07) is 0.763. The van der Waals surface area contributed by atoms with Gasteiger partial charge in [-0.2, -0.15) is 0 Å².